The molecule has 1 aromatic carbocycles. The highest BCUT2D eigenvalue weighted by Crippen LogP contribution is 2.33. The second kappa shape index (κ2) is 5.18. The van der Waals surface area contributed by atoms with Gasteiger partial charge in [0, 0.05) is 11.3 Å². The summed E-state index contributed by atoms with van der Waals surface area (Å²) in [6.07, 6.45) is -2.13. The number of ether oxygens (including phenoxy) is 1. The van der Waals surface area contributed by atoms with Gasteiger partial charge in [0.25, 0.3) is 0 Å². The van der Waals surface area contributed by atoms with Crippen LogP contribution in [0.4, 0.5) is 13.2 Å². The van der Waals surface area contributed by atoms with E-state index in [1.807, 2.05) is 0 Å². The summed E-state index contributed by atoms with van der Waals surface area (Å²) in [7, 11) is 0. The largest absolute Gasteiger partial charge is 0.490 e. The topological polar surface area (TPSA) is 25.0 Å². The van der Waals surface area contributed by atoms with Crippen molar-refractivity contribution in [1.82, 2.24) is 4.98 Å². The Labute approximate surface area is 124 Å². The van der Waals surface area contributed by atoms with Crippen LogP contribution >= 0.6 is 12.2 Å². The lowest BCUT2D eigenvalue weighted by molar-refractivity contribution is -0.137. The summed E-state index contributed by atoms with van der Waals surface area (Å²) in [5, 5.41) is 0. The zero-order valence-corrected chi connectivity index (χ0v) is 11.7. The minimum Gasteiger partial charge on any atom is -0.490 e. The van der Waals surface area contributed by atoms with E-state index in [4.69, 9.17) is 17.0 Å². The van der Waals surface area contributed by atoms with E-state index in [9.17, 15) is 13.2 Å². The Kier molecular flexibility index (Phi) is 3.49. The van der Waals surface area contributed by atoms with Crippen LogP contribution in [0.5, 0.6) is 5.75 Å². The van der Waals surface area contributed by atoms with Crippen molar-refractivity contribution < 1.29 is 17.9 Å². The maximum absolute atomic E-state index is 12.8. The number of hydrogen-bond donors (Lipinski definition) is 1. The molecule has 1 aliphatic rings. The Hall–Kier alpha value is -1.82. The van der Waals surface area contributed by atoms with E-state index in [0.29, 0.717) is 17.0 Å². The SMILES string of the molecule is FC(F)(F)c1cc(-c2cccc(OC3CC3)c2)[nH]c(=S)c1. The van der Waals surface area contributed by atoms with Gasteiger partial charge in [0.15, 0.2) is 0 Å². The molecule has 0 spiro atoms. The van der Waals surface area contributed by atoms with Crippen molar-refractivity contribution in [2.75, 3.05) is 0 Å². The van der Waals surface area contributed by atoms with Crippen molar-refractivity contribution in [2.24, 2.45) is 0 Å². The summed E-state index contributed by atoms with van der Waals surface area (Å²) in [6.45, 7) is 0. The third-order valence-corrected chi connectivity index (χ3v) is 3.36. The maximum Gasteiger partial charge on any atom is 0.416 e. The minimum atomic E-state index is -4.42. The summed E-state index contributed by atoms with van der Waals surface area (Å²) in [6, 6.07) is 8.98. The molecule has 1 heterocycles. The molecule has 3 rings (SSSR count). The van der Waals surface area contributed by atoms with Gasteiger partial charge in [-0.15, -0.1) is 0 Å². The van der Waals surface area contributed by atoms with Gasteiger partial charge in [-0.2, -0.15) is 13.2 Å². The van der Waals surface area contributed by atoms with Crippen LogP contribution in [-0.2, 0) is 6.18 Å². The molecule has 1 aliphatic carbocycles. The highest BCUT2D eigenvalue weighted by Gasteiger charge is 2.31. The van der Waals surface area contributed by atoms with Crippen LogP contribution in [-0.4, -0.2) is 11.1 Å². The van der Waals surface area contributed by atoms with Crippen LogP contribution in [0.2, 0.25) is 0 Å². The fourth-order valence-corrected chi connectivity index (χ4v) is 2.21. The van der Waals surface area contributed by atoms with Crippen LogP contribution in [0.15, 0.2) is 36.4 Å². The molecule has 0 saturated heterocycles. The normalized spacial score (nSPS) is 15.0. The second-order valence-corrected chi connectivity index (χ2v) is 5.43. The van der Waals surface area contributed by atoms with E-state index in [0.717, 1.165) is 25.0 Å². The average Bonchev–Trinajstić information content (AvgIpc) is 3.21. The highest BCUT2D eigenvalue weighted by molar-refractivity contribution is 7.71. The number of aromatic nitrogens is 1. The fraction of sp³-hybridized carbons (Fsp3) is 0.267. The van der Waals surface area contributed by atoms with E-state index in [1.165, 1.54) is 0 Å². The molecular weight excluding hydrogens is 299 g/mol. The van der Waals surface area contributed by atoms with Gasteiger partial charge in [0.1, 0.15) is 10.4 Å². The number of nitrogens with one attached hydrogen (secondary N) is 1. The molecular formula is C15H12F3NOS. The molecule has 0 radical (unpaired) electrons. The summed E-state index contributed by atoms with van der Waals surface area (Å²) in [4.78, 5) is 2.79. The summed E-state index contributed by atoms with van der Waals surface area (Å²) in [5.74, 6) is 0.659. The van der Waals surface area contributed by atoms with Crippen LogP contribution in [0.1, 0.15) is 18.4 Å². The molecule has 1 fully saturated rings. The molecule has 0 aliphatic heterocycles. The minimum absolute atomic E-state index is 0.0494. The molecule has 1 aromatic heterocycles. The number of pyridine rings is 1. The van der Waals surface area contributed by atoms with Gasteiger partial charge in [0.05, 0.1) is 11.7 Å². The third-order valence-electron chi connectivity index (χ3n) is 3.14. The first-order chi connectivity index (χ1) is 9.91. The number of aromatic amines is 1. The first-order valence-corrected chi connectivity index (χ1v) is 6.91. The Morgan fingerprint density at radius 1 is 1.14 bits per heavy atom. The second-order valence-electron chi connectivity index (χ2n) is 4.99. The lowest BCUT2D eigenvalue weighted by Gasteiger charge is -2.10. The van der Waals surface area contributed by atoms with E-state index >= 15 is 0 Å². The molecule has 0 atom stereocenters. The average molecular weight is 311 g/mol. The van der Waals surface area contributed by atoms with Crippen molar-refractivity contribution in [2.45, 2.75) is 25.1 Å². The number of H-pyrrole nitrogens is 1. The number of benzene rings is 1. The van der Waals surface area contributed by atoms with E-state index in [-0.39, 0.29) is 10.7 Å². The van der Waals surface area contributed by atoms with Gasteiger partial charge in [-0.1, -0.05) is 24.4 Å². The summed E-state index contributed by atoms with van der Waals surface area (Å²) >= 11 is 4.88. The molecule has 1 N–H and O–H groups in total. The lowest BCUT2D eigenvalue weighted by Crippen LogP contribution is -2.05. The van der Waals surface area contributed by atoms with E-state index in [1.54, 1.807) is 24.3 Å². The Morgan fingerprint density at radius 3 is 2.57 bits per heavy atom. The molecule has 0 unspecified atom stereocenters. The highest BCUT2D eigenvalue weighted by atomic mass is 32.1. The zero-order valence-electron chi connectivity index (χ0n) is 10.9. The maximum atomic E-state index is 12.8. The van der Waals surface area contributed by atoms with Crippen LogP contribution < -0.4 is 4.74 Å². The van der Waals surface area contributed by atoms with Crippen molar-refractivity contribution in [3.8, 4) is 17.0 Å². The van der Waals surface area contributed by atoms with Crippen molar-refractivity contribution in [3.63, 3.8) is 0 Å². The molecule has 21 heavy (non-hydrogen) atoms. The van der Waals surface area contributed by atoms with Gasteiger partial charge in [-0.25, -0.2) is 0 Å². The summed E-state index contributed by atoms with van der Waals surface area (Å²) < 4.78 is 44.2. The Balaban J connectivity index is 1.99. The molecule has 1 saturated carbocycles. The number of hydrogen-bond acceptors (Lipinski definition) is 2. The van der Waals surface area contributed by atoms with Gasteiger partial charge in [-0.3, -0.25) is 0 Å². The molecule has 0 bridgehead atoms. The lowest BCUT2D eigenvalue weighted by atomic mass is 10.1. The molecule has 110 valence electrons. The van der Waals surface area contributed by atoms with Gasteiger partial charge < -0.3 is 9.72 Å². The zero-order chi connectivity index (χ0) is 15.0. The van der Waals surface area contributed by atoms with Crippen molar-refractivity contribution >= 4 is 12.2 Å². The Morgan fingerprint density at radius 2 is 1.90 bits per heavy atom. The van der Waals surface area contributed by atoms with Gasteiger partial charge in [0.2, 0.25) is 0 Å². The number of alkyl halides is 3. The monoisotopic (exact) mass is 311 g/mol. The summed E-state index contributed by atoms with van der Waals surface area (Å²) in [5.41, 5.74) is 0.191. The number of rotatable bonds is 3. The van der Waals surface area contributed by atoms with E-state index in [2.05, 4.69) is 4.98 Å². The predicted octanol–water partition coefficient (Wildman–Crippen LogP) is 4.97. The van der Waals surface area contributed by atoms with Gasteiger partial charge in [-0.05, 0) is 37.1 Å². The van der Waals surface area contributed by atoms with Crippen LogP contribution in [0, 0.1) is 4.64 Å². The molecule has 0 amide bonds. The first kappa shape index (κ1) is 14.1. The van der Waals surface area contributed by atoms with E-state index < -0.39 is 11.7 Å². The first-order valence-electron chi connectivity index (χ1n) is 6.50. The molecule has 2 aromatic rings. The standard InChI is InChI=1S/C15H12F3NOS/c16-15(17,18)10-7-13(19-14(21)8-10)9-2-1-3-12(6-9)20-11-4-5-11/h1-3,6-8,11H,4-5H2,(H,19,21). The van der Waals surface area contributed by atoms with Crippen molar-refractivity contribution in [1.29, 1.82) is 0 Å². The van der Waals surface area contributed by atoms with Gasteiger partial charge >= 0.3 is 6.18 Å². The predicted molar refractivity (Wildman–Crippen MR) is 75.7 cm³/mol. The van der Waals surface area contributed by atoms with Crippen LogP contribution in [0.25, 0.3) is 11.3 Å². The fourth-order valence-electron chi connectivity index (χ4n) is 1.98. The third kappa shape index (κ3) is 3.44. The smallest absolute Gasteiger partial charge is 0.416 e. The molecule has 6 heteroatoms. The molecule has 2 nitrogen and oxygen atoms in total. The number of halogens is 3. The Bertz CT molecular complexity index is 719. The quantitative estimate of drug-likeness (QED) is 0.809. The van der Waals surface area contributed by atoms with Crippen molar-refractivity contribution in [3.05, 3.63) is 46.6 Å². The van der Waals surface area contributed by atoms with Crippen LogP contribution in [0.3, 0.4) is 0 Å².